The molecule has 2 heterocycles. The number of H-pyrrole nitrogens is 1. The average Bonchev–Trinajstić information content (AvgIpc) is 2.98. The Hall–Kier alpha value is -2.29. The van der Waals surface area contributed by atoms with Gasteiger partial charge in [0.25, 0.3) is 0 Å². The van der Waals surface area contributed by atoms with Gasteiger partial charge in [-0.05, 0) is 12.1 Å². The van der Waals surface area contributed by atoms with Gasteiger partial charge in [0, 0.05) is 18.8 Å². The standard InChI is InChI=1S/C14H14F3N3O3/c1-22-12(21)9-6-8(20-2-4-23-5-3-20)7-10-11(9)19-13(18-10)14(15,16)17/h6-7H,2-5H2,1H3,(H,18,19). The maximum Gasteiger partial charge on any atom is 0.449 e. The first-order valence-corrected chi connectivity index (χ1v) is 6.92. The van der Waals surface area contributed by atoms with E-state index in [1.54, 1.807) is 6.07 Å². The minimum Gasteiger partial charge on any atom is -0.465 e. The summed E-state index contributed by atoms with van der Waals surface area (Å²) in [4.78, 5) is 19.6. The Morgan fingerprint density at radius 2 is 2.04 bits per heavy atom. The summed E-state index contributed by atoms with van der Waals surface area (Å²) in [5.41, 5.74) is 0.708. The maximum absolute atomic E-state index is 12.9. The van der Waals surface area contributed by atoms with E-state index in [2.05, 4.69) is 14.7 Å². The van der Waals surface area contributed by atoms with Gasteiger partial charge in [0.2, 0.25) is 5.82 Å². The molecule has 0 spiro atoms. The summed E-state index contributed by atoms with van der Waals surface area (Å²) in [7, 11) is 1.17. The first-order valence-electron chi connectivity index (χ1n) is 6.92. The van der Waals surface area contributed by atoms with Crippen molar-refractivity contribution in [1.82, 2.24) is 9.97 Å². The van der Waals surface area contributed by atoms with Crippen molar-refractivity contribution in [2.75, 3.05) is 38.3 Å². The van der Waals surface area contributed by atoms with Gasteiger partial charge in [-0.2, -0.15) is 13.2 Å². The van der Waals surface area contributed by atoms with Crippen LogP contribution in [0.2, 0.25) is 0 Å². The summed E-state index contributed by atoms with van der Waals surface area (Å²) in [6.07, 6.45) is -4.62. The summed E-state index contributed by atoms with van der Waals surface area (Å²) in [5, 5.41) is 0. The first-order chi connectivity index (χ1) is 10.9. The molecule has 0 amide bonds. The van der Waals surface area contributed by atoms with Gasteiger partial charge in [-0.3, -0.25) is 0 Å². The number of alkyl halides is 3. The van der Waals surface area contributed by atoms with Crippen molar-refractivity contribution in [3.63, 3.8) is 0 Å². The first kappa shape index (κ1) is 15.6. The molecular formula is C14H14F3N3O3. The van der Waals surface area contributed by atoms with Gasteiger partial charge in [0.05, 0.1) is 31.4 Å². The third-order valence-electron chi connectivity index (χ3n) is 3.62. The second kappa shape index (κ2) is 5.73. The molecule has 0 unspecified atom stereocenters. The molecule has 1 N–H and O–H groups in total. The fourth-order valence-corrected chi connectivity index (χ4v) is 2.51. The molecule has 1 aromatic carbocycles. The third-order valence-corrected chi connectivity index (χ3v) is 3.62. The summed E-state index contributed by atoms with van der Waals surface area (Å²) in [5.74, 6) is -1.87. The molecule has 124 valence electrons. The van der Waals surface area contributed by atoms with Crippen LogP contribution in [-0.2, 0) is 15.7 Å². The highest BCUT2D eigenvalue weighted by molar-refractivity contribution is 6.03. The van der Waals surface area contributed by atoms with Crippen LogP contribution in [0.1, 0.15) is 16.2 Å². The van der Waals surface area contributed by atoms with Crippen LogP contribution < -0.4 is 4.90 Å². The number of carbonyl (C=O) groups excluding carboxylic acids is 1. The predicted octanol–water partition coefficient (Wildman–Crippen LogP) is 2.20. The van der Waals surface area contributed by atoms with Crippen molar-refractivity contribution < 1.29 is 27.4 Å². The molecule has 9 heteroatoms. The summed E-state index contributed by atoms with van der Waals surface area (Å²) < 4.78 is 48.5. The minimum absolute atomic E-state index is 0.00163. The zero-order valence-corrected chi connectivity index (χ0v) is 12.2. The molecule has 0 bridgehead atoms. The van der Waals surface area contributed by atoms with Gasteiger partial charge >= 0.3 is 12.1 Å². The van der Waals surface area contributed by atoms with Crippen LogP contribution in [0, 0.1) is 0 Å². The quantitative estimate of drug-likeness (QED) is 0.856. The number of nitrogens with one attached hydrogen (secondary N) is 1. The molecule has 0 radical (unpaired) electrons. The highest BCUT2D eigenvalue weighted by Gasteiger charge is 2.35. The Kier molecular flexibility index (Phi) is 3.88. The number of aromatic amines is 1. The lowest BCUT2D eigenvalue weighted by Crippen LogP contribution is -2.36. The zero-order valence-electron chi connectivity index (χ0n) is 12.2. The number of hydrogen-bond acceptors (Lipinski definition) is 5. The molecule has 0 aliphatic carbocycles. The van der Waals surface area contributed by atoms with E-state index in [9.17, 15) is 18.0 Å². The number of rotatable bonds is 2. The minimum atomic E-state index is -4.62. The number of ether oxygens (including phenoxy) is 2. The highest BCUT2D eigenvalue weighted by Crippen LogP contribution is 2.32. The Labute approximate surface area is 129 Å². The van der Waals surface area contributed by atoms with E-state index >= 15 is 0 Å². The van der Waals surface area contributed by atoms with Crippen LogP contribution in [0.15, 0.2) is 12.1 Å². The number of hydrogen-bond donors (Lipinski definition) is 1. The number of halogens is 3. The number of aromatic nitrogens is 2. The molecule has 1 aliphatic heterocycles. The Morgan fingerprint density at radius 1 is 1.35 bits per heavy atom. The van der Waals surface area contributed by atoms with Crippen LogP contribution in [0.25, 0.3) is 11.0 Å². The van der Waals surface area contributed by atoms with E-state index in [0.29, 0.717) is 32.0 Å². The molecule has 1 fully saturated rings. The summed E-state index contributed by atoms with van der Waals surface area (Å²) in [6.45, 7) is 2.21. The van der Waals surface area contributed by atoms with Crippen molar-refractivity contribution >= 4 is 22.7 Å². The van der Waals surface area contributed by atoms with E-state index in [0.717, 1.165) is 0 Å². The zero-order chi connectivity index (χ0) is 16.6. The van der Waals surface area contributed by atoms with Crippen molar-refractivity contribution in [3.05, 3.63) is 23.5 Å². The van der Waals surface area contributed by atoms with E-state index in [1.165, 1.54) is 13.2 Å². The topological polar surface area (TPSA) is 67.4 Å². The van der Waals surface area contributed by atoms with Crippen LogP contribution >= 0.6 is 0 Å². The van der Waals surface area contributed by atoms with Gasteiger partial charge < -0.3 is 19.4 Å². The highest BCUT2D eigenvalue weighted by atomic mass is 19.4. The molecule has 1 saturated heterocycles. The molecule has 3 rings (SSSR count). The van der Waals surface area contributed by atoms with E-state index < -0.39 is 18.0 Å². The van der Waals surface area contributed by atoms with E-state index in [4.69, 9.17) is 4.74 Å². The Bertz CT molecular complexity index is 736. The molecule has 23 heavy (non-hydrogen) atoms. The number of imidazole rings is 1. The SMILES string of the molecule is COC(=O)c1cc(N2CCOCC2)cc2[nH]c(C(F)(F)F)nc12. The third kappa shape index (κ3) is 2.96. The van der Waals surface area contributed by atoms with Gasteiger partial charge in [0.1, 0.15) is 5.52 Å². The van der Waals surface area contributed by atoms with Crippen molar-refractivity contribution in [2.24, 2.45) is 0 Å². The fourth-order valence-electron chi connectivity index (χ4n) is 2.51. The van der Waals surface area contributed by atoms with Crippen LogP contribution in [-0.4, -0.2) is 49.4 Å². The molecule has 0 saturated carbocycles. The lowest BCUT2D eigenvalue weighted by Gasteiger charge is -2.29. The molecule has 2 aromatic rings. The smallest absolute Gasteiger partial charge is 0.449 e. The van der Waals surface area contributed by atoms with Gasteiger partial charge in [0.15, 0.2) is 0 Å². The van der Waals surface area contributed by atoms with Crippen molar-refractivity contribution in [1.29, 1.82) is 0 Å². The Balaban J connectivity index is 2.14. The van der Waals surface area contributed by atoms with Crippen LogP contribution in [0.5, 0.6) is 0 Å². The van der Waals surface area contributed by atoms with E-state index in [-0.39, 0.29) is 16.6 Å². The number of nitrogens with zero attached hydrogens (tertiary/aromatic N) is 2. The van der Waals surface area contributed by atoms with E-state index in [1.807, 2.05) is 4.90 Å². The van der Waals surface area contributed by atoms with Gasteiger partial charge in [-0.15, -0.1) is 0 Å². The number of benzene rings is 1. The van der Waals surface area contributed by atoms with Crippen LogP contribution in [0.3, 0.4) is 0 Å². The average molecular weight is 329 g/mol. The number of anilines is 1. The fraction of sp³-hybridized carbons (Fsp3) is 0.429. The lowest BCUT2D eigenvalue weighted by atomic mass is 10.1. The van der Waals surface area contributed by atoms with Gasteiger partial charge in [-0.25, -0.2) is 9.78 Å². The Morgan fingerprint density at radius 3 is 2.65 bits per heavy atom. The summed E-state index contributed by atoms with van der Waals surface area (Å²) >= 11 is 0. The number of fused-ring (bicyclic) bond motifs is 1. The van der Waals surface area contributed by atoms with Crippen molar-refractivity contribution in [3.8, 4) is 0 Å². The number of morpholine rings is 1. The normalized spacial score (nSPS) is 15.9. The second-order valence-corrected chi connectivity index (χ2v) is 5.06. The second-order valence-electron chi connectivity index (χ2n) is 5.06. The summed E-state index contributed by atoms with van der Waals surface area (Å²) in [6, 6.07) is 3.05. The predicted molar refractivity (Wildman–Crippen MR) is 75.5 cm³/mol. The number of methoxy groups -OCH3 is 1. The number of esters is 1. The molecule has 1 aromatic heterocycles. The molecule has 1 aliphatic rings. The largest absolute Gasteiger partial charge is 0.465 e. The monoisotopic (exact) mass is 329 g/mol. The molecule has 6 nitrogen and oxygen atoms in total. The van der Waals surface area contributed by atoms with Crippen molar-refractivity contribution in [2.45, 2.75) is 6.18 Å². The lowest BCUT2D eigenvalue weighted by molar-refractivity contribution is -0.144. The number of carbonyl (C=O) groups is 1. The van der Waals surface area contributed by atoms with Crippen LogP contribution in [0.4, 0.5) is 18.9 Å². The maximum atomic E-state index is 12.9. The molecular weight excluding hydrogens is 315 g/mol. The molecule has 0 atom stereocenters. The van der Waals surface area contributed by atoms with Gasteiger partial charge in [-0.1, -0.05) is 0 Å².